The predicted molar refractivity (Wildman–Crippen MR) is 348 cm³/mol. The standard InChI is InChI=1S/C75H84N2O12/c1-78-39-43-86-51-47-82-35-27-72-58-70(19-11-62-23-31-76-32-24-62)74(29-37-84-49-53-88-45-41-80-3)56-68(72)17-9-60-5-13-64(14-6-60)66-21-22-67(55-66)65-15-7-61(8-16-65)10-18-69-57-75(30-38-85-50-54-89-46-42-81-4)71(20-12-63-25-33-77-34-26-63)59-73(69)28-36-83-48-52-87-44-40-79-2/h5-8,13-16,21,23-26,31-34,55-59H,22,27-30,35-54H2,1-4H3. The van der Waals surface area contributed by atoms with Crippen LogP contribution in [0.4, 0.5) is 0 Å². The highest BCUT2D eigenvalue weighted by atomic mass is 16.6. The van der Waals surface area contributed by atoms with Gasteiger partial charge in [0.25, 0.3) is 0 Å². The van der Waals surface area contributed by atoms with Crippen LogP contribution in [0.25, 0.3) is 11.1 Å². The summed E-state index contributed by atoms with van der Waals surface area (Å²) in [5.41, 5.74) is 16.2. The van der Waals surface area contributed by atoms with Gasteiger partial charge in [-0.25, -0.2) is 0 Å². The molecule has 0 unspecified atom stereocenters. The van der Waals surface area contributed by atoms with Gasteiger partial charge in [-0.2, -0.15) is 0 Å². The molecule has 0 bridgehead atoms. The molecular weight excluding hydrogens is 1120 g/mol. The molecule has 2 aromatic heterocycles. The first-order valence-electron chi connectivity index (χ1n) is 30.4. The van der Waals surface area contributed by atoms with E-state index in [-0.39, 0.29) is 0 Å². The van der Waals surface area contributed by atoms with Gasteiger partial charge < -0.3 is 56.8 Å². The van der Waals surface area contributed by atoms with Crippen LogP contribution in [0, 0.1) is 47.4 Å². The maximum Gasteiger partial charge on any atom is 0.0701 e. The van der Waals surface area contributed by atoms with Crippen LogP contribution in [0.15, 0.2) is 134 Å². The maximum atomic E-state index is 6.03. The van der Waals surface area contributed by atoms with Gasteiger partial charge in [0.1, 0.15) is 0 Å². The highest BCUT2D eigenvalue weighted by Gasteiger charge is 2.14. The molecule has 0 spiro atoms. The molecule has 7 rings (SSSR count). The number of benzene rings is 4. The van der Waals surface area contributed by atoms with Crippen molar-refractivity contribution in [1.29, 1.82) is 0 Å². The van der Waals surface area contributed by atoms with Gasteiger partial charge in [-0.15, -0.1) is 0 Å². The monoisotopic (exact) mass is 1200 g/mol. The first-order valence-corrected chi connectivity index (χ1v) is 30.4. The van der Waals surface area contributed by atoms with Gasteiger partial charge in [-0.05, 0) is 149 Å². The van der Waals surface area contributed by atoms with Crippen LogP contribution in [0.3, 0.4) is 0 Å². The number of hydrogen-bond donors (Lipinski definition) is 0. The Morgan fingerprint density at radius 3 is 0.876 bits per heavy atom. The average Bonchev–Trinajstić information content (AvgIpc) is 2.63. The summed E-state index contributed by atoms with van der Waals surface area (Å²) < 4.78 is 67.0. The summed E-state index contributed by atoms with van der Waals surface area (Å²) in [5, 5.41) is 0. The van der Waals surface area contributed by atoms with E-state index in [9.17, 15) is 0 Å². The van der Waals surface area contributed by atoms with Crippen molar-refractivity contribution in [2.45, 2.75) is 32.1 Å². The topological polar surface area (TPSA) is 137 Å². The van der Waals surface area contributed by atoms with E-state index in [0.29, 0.717) is 158 Å². The third-order valence-corrected chi connectivity index (χ3v) is 14.0. The smallest absolute Gasteiger partial charge is 0.0701 e. The van der Waals surface area contributed by atoms with Gasteiger partial charge in [-0.3, -0.25) is 9.97 Å². The first-order chi connectivity index (χ1) is 44.0. The Hall–Kier alpha value is -7.58. The second-order valence-electron chi connectivity index (χ2n) is 20.4. The number of nitrogens with zero attached hydrogens (tertiary/aromatic N) is 2. The third-order valence-electron chi connectivity index (χ3n) is 14.0. The zero-order valence-electron chi connectivity index (χ0n) is 52.2. The van der Waals surface area contributed by atoms with Gasteiger partial charge in [-0.1, -0.05) is 83.8 Å². The first kappa shape index (κ1) is 68.9. The number of allylic oxidation sites excluding steroid dienone is 4. The molecule has 0 amide bonds. The Labute approximate surface area is 527 Å². The molecule has 89 heavy (non-hydrogen) atoms. The van der Waals surface area contributed by atoms with E-state index in [1.54, 1.807) is 53.2 Å². The Morgan fingerprint density at radius 1 is 0.303 bits per heavy atom. The van der Waals surface area contributed by atoms with E-state index in [0.717, 1.165) is 84.3 Å². The Morgan fingerprint density at radius 2 is 0.573 bits per heavy atom. The Balaban J connectivity index is 1.06. The summed E-state index contributed by atoms with van der Waals surface area (Å²) >= 11 is 0. The van der Waals surface area contributed by atoms with Crippen molar-refractivity contribution in [2.24, 2.45) is 0 Å². The number of aromatic nitrogens is 2. The fourth-order valence-corrected chi connectivity index (χ4v) is 9.13. The molecule has 0 saturated carbocycles. The van der Waals surface area contributed by atoms with Crippen molar-refractivity contribution in [3.63, 3.8) is 0 Å². The van der Waals surface area contributed by atoms with Gasteiger partial charge in [0.05, 0.1) is 132 Å². The molecule has 14 heteroatoms. The second kappa shape index (κ2) is 42.4. The van der Waals surface area contributed by atoms with E-state index >= 15 is 0 Å². The molecular formula is C75H84N2O12. The maximum absolute atomic E-state index is 6.03. The number of ether oxygens (including phenoxy) is 12. The molecule has 0 saturated heterocycles. The quantitative estimate of drug-likeness (QED) is 0.0269. The van der Waals surface area contributed by atoms with Gasteiger partial charge >= 0.3 is 0 Å². The molecule has 0 aliphatic heterocycles. The Kier molecular flexibility index (Phi) is 32.8. The van der Waals surface area contributed by atoms with Crippen LogP contribution >= 0.6 is 0 Å². The lowest BCUT2D eigenvalue weighted by Gasteiger charge is -2.13. The van der Waals surface area contributed by atoms with Crippen molar-refractivity contribution >= 4 is 11.1 Å². The van der Waals surface area contributed by atoms with E-state index < -0.39 is 0 Å². The average molecular weight is 1210 g/mol. The van der Waals surface area contributed by atoms with Crippen molar-refractivity contribution in [3.8, 4) is 47.4 Å². The fraction of sp³-hybridized carbons (Fsp3) is 0.387. The predicted octanol–water partition coefficient (Wildman–Crippen LogP) is 9.83. The minimum absolute atomic E-state index is 0.480. The van der Waals surface area contributed by atoms with E-state index in [1.165, 1.54) is 11.1 Å². The molecule has 1 aliphatic carbocycles. The van der Waals surface area contributed by atoms with Crippen LogP contribution < -0.4 is 0 Å². The molecule has 466 valence electrons. The fourth-order valence-electron chi connectivity index (χ4n) is 9.13. The van der Waals surface area contributed by atoms with E-state index in [1.807, 2.05) is 24.3 Å². The highest BCUT2D eigenvalue weighted by Crippen LogP contribution is 2.32. The largest absolute Gasteiger partial charge is 0.382 e. The van der Waals surface area contributed by atoms with Crippen LogP contribution in [0.5, 0.6) is 0 Å². The molecule has 1 aliphatic rings. The minimum Gasteiger partial charge on any atom is -0.382 e. The molecule has 0 N–H and O–H groups in total. The minimum atomic E-state index is 0.480. The molecule has 2 heterocycles. The lowest BCUT2D eigenvalue weighted by atomic mass is 9.95. The zero-order chi connectivity index (χ0) is 62.0. The van der Waals surface area contributed by atoms with Crippen molar-refractivity contribution in [2.75, 3.05) is 161 Å². The molecule has 0 fully saturated rings. The third kappa shape index (κ3) is 26.2. The summed E-state index contributed by atoms with van der Waals surface area (Å²) in [5.74, 6) is 27.6. The van der Waals surface area contributed by atoms with Crippen LogP contribution in [0.2, 0.25) is 0 Å². The van der Waals surface area contributed by atoms with Gasteiger partial charge in [0, 0.05) is 97.7 Å². The molecule has 6 aromatic rings. The zero-order valence-corrected chi connectivity index (χ0v) is 52.2. The molecule has 4 aromatic carbocycles. The summed E-state index contributed by atoms with van der Waals surface area (Å²) in [7, 11) is 6.64. The number of hydrogen-bond acceptors (Lipinski definition) is 14. The summed E-state index contributed by atoms with van der Waals surface area (Å²) in [6, 6.07) is 33.3. The molecule has 0 radical (unpaired) electrons. The van der Waals surface area contributed by atoms with Gasteiger partial charge in [0.15, 0.2) is 0 Å². The normalized spacial score (nSPS) is 11.6. The van der Waals surface area contributed by atoms with Crippen molar-refractivity contribution in [3.05, 3.63) is 212 Å². The lowest BCUT2D eigenvalue weighted by Crippen LogP contribution is -2.11. The second-order valence-corrected chi connectivity index (χ2v) is 20.4. The Bertz CT molecular complexity index is 3360. The number of rotatable bonds is 38. The van der Waals surface area contributed by atoms with Crippen molar-refractivity contribution in [1.82, 2.24) is 9.97 Å². The SMILES string of the molecule is COCCOCCOCCc1cc(C#Cc2ccc(C3=CCC(c4ccc(C#Cc5cc(CCOCCOCCOC)c(C#Cc6ccncc6)cc5CCOCCOCCOC)cc4)=C3)cc2)c(CCOCCOCCOC)cc1C#Cc1ccncc1. The van der Waals surface area contributed by atoms with Crippen molar-refractivity contribution < 1.29 is 56.8 Å². The van der Waals surface area contributed by atoms with E-state index in [4.69, 9.17) is 56.8 Å². The summed E-state index contributed by atoms with van der Waals surface area (Å²) in [6.45, 7) is 10.2. The summed E-state index contributed by atoms with van der Waals surface area (Å²) in [4.78, 5) is 8.33. The highest BCUT2D eigenvalue weighted by molar-refractivity contribution is 5.89. The number of pyridine rings is 2. The molecule has 14 nitrogen and oxygen atoms in total. The van der Waals surface area contributed by atoms with E-state index in [2.05, 4.69) is 142 Å². The van der Waals surface area contributed by atoms with Crippen LogP contribution in [0.1, 0.15) is 84.3 Å². The van der Waals surface area contributed by atoms with Gasteiger partial charge in [0.2, 0.25) is 0 Å². The summed E-state index contributed by atoms with van der Waals surface area (Å²) in [6.07, 6.45) is 15.0. The molecule has 0 atom stereocenters. The van der Waals surface area contributed by atoms with Crippen LogP contribution in [-0.2, 0) is 82.5 Å². The lowest BCUT2D eigenvalue weighted by molar-refractivity contribution is 0.0254. The number of methoxy groups -OCH3 is 4. The van der Waals surface area contributed by atoms with Crippen LogP contribution in [-0.4, -0.2) is 171 Å².